The molecule has 0 unspecified atom stereocenters. The van der Waals surface area contributed by atoms with Gasteiger partial charge in [0.1, 0.15) is 11.6 Å². The van der Waals surface area contributed by atoms with E-state index in [0.717, 1.165) is 44.7 Å². The van der Waals surface area contributed by atoms with Gasteiger partial charge >= 0.3 is 0 Å². The van der Waals surface area contributed by atoms with Crippen LogP contribution >= 0.6 is 0 Å². The van der Waals surface area contributed by atoms with Crippen LogP contribution < -0.4 is 32.8 Å². The zero-order valence-electron chi connectivity index (χ0n) is 38.1. The lowest BCUT2D eigenvalue weighted by Gasteiger charge is -2.14. The molecule has 14 aromatic rings. The maximum Gasteiger partial charge on any atom is 0.243 e. The maximum atomic E-state index is 4.96. The van der Waals surface area contributed by atoms with Gasteiger partial charge in [0.15, 0.2) is 0 Å². The van der Waals surface area contributed by atoms with Crippen molar-refractivity contribution in [3.63, 3.8) is 0 Å². The van der Waals surface area contributed by atoms with E-state index in [0.29, 0.717) is 5.95 Å². The fourth-order valence-electron chi connectivity index (χ4n) is 12.5. The van der Waals surface area contributed by atoms with Gasteiger partial charge in [-0.05, 0) is 101 Å². The molecule has 0 fully saturated rings. The highest BCUT2D eigenvalue weighted by Crippen LogP contribution is 2.39. The van der Waals surface area contributed by atoms with E-state index in [1.54, 1.807) is 0 Å². The van der Waals surface area contributed by atoms with Gasteiger partial charge in [0.05, 0.1) is 33.1 Å². The molecule has 9 heteroatoms. The summed E-state index contributed by atoms with van der Waals surface area (Å²) >= 11 is 0. The minimum absolute atomic E-state index is 0.00814. The van der Waals surface area contributed by atoms with E-state index in [9.17, 15) is 0 Å². The average molecular weight is 902 g/mol. The molecule has 71 heavy (non-hydrogen) atoms. The van der Waals surface area contributed by atoms with Crippen LogP contribution in [-0.2, 0) is 0 Å². The molecular weight excluding hydrogens is 864 g/mol. The van der Waals surface area contributed by atoms with Crippen molar-refractivity contribution < 1.29 is 0 Å². The summed E-state index contributed by atoms with van der Waals surface area (Å²) in [6.07, 6.45) is 7.45. The van der Waals surface area contributed by atoms with E-state index in [1.165, 1.54) is 87.3 Å². The minimum atomic E-state index is -0.00814. The number of benzene rings is 8. The van der Waals surface area contributed by atoms with Crippen LogP contribution in [-0.4, -0.2) is 47.1 Å². The molecule has 0 saturated heterocycles. The number of nitrogens with zero attached hydrogens (tertiary/aromatic N) is 7. The maximum absolute atomic E-state index is 4.96. The highest BCUT2D eigenvalue weighted by molar-refractivity contribution is 7.00. The summed E-state index contributed by atoms with van der Waals surface area (Å²) in [7, 11) is 0. The summed E-state index contributed by atoms with van der Waals surface area (Å²) in [6, 6.07) is 73.3. The second kappa shape index (κ2) is 14.6. The summed E-state index contributed by atoms with van der Waals surface area (Å²) in [4.78, 5) is 19.6. The summed E-state index contributed by atoms with van der Waals surface area (Å²) < 4.78 is 6.93. The Balaban J connectivity index is 0.935. The molecule has 2 aliphatic heterocycles. The van der Waals surface area contributed by atoms with Crippen molar-refractivity contribution in [1.29, 1.82) is 0 Å². The van der Waals surface area contributed by atoms with Crippen LogP contribution in [0.2, 0.25) is 0 Å². The Kier molecular flexibility index (Phi) is 7.94. The second-order valence-electron chi connectivity index (χ2n) is 19.0. The van der Waals surface area contributed by atoms with Crippen LogP contribution in [0.4, 0.5) is 0 Å². The zero-order chi connectivity index (χ0) is 46.3. The molecule has 0 aliphatic carbocycles. The van der Waals surface area contributed by atoms with Crippen LogP contribution in [0.3, 0.4) is 0 Å². The number of hydrogen-bond donors (Lipinski definition) is 0. The lowest BCUT2D eigenvalue weighted by molar-refractivity contribution is 0.989. The molecule has 0 atom stereocenters. The first-order chi connectivity index (χ1) is 35.2. The number of hydrogen-bond acceptors (Lipinski definition) is 4. The molecule has 0 amide bonds. The van der Waals surface area contributed by atoms with Gasteiger partial charge < -0.3 is 0 Å². The quantitative estimate of drug-likeness (QED) is 0.162. The van der Waals surface area contributed by atoms with Crippen molar-refractivity contribution in [1.82, 2.24) is 33.6 Å². The van der Waals surface area contributed by atoms with Crippen molar-refractivity contribution >= 4 is 112 Å². The molecule has 6 aromatic heterocycles. The van der Waals surface area contributed by atoms with Crippen molar-refractivity contribution in [2.75, 3.05) is 0 Å². The fourth-order valence-corrected chi connectivity index (χ4v) is 12.5. The Hall–Kier alpha value is -9.33. The highest BCUT2D eigenvalue weighted by atomic mass is 15.1. The number of aromatic nitrogens is 7. The summed E-state index contributed by atoms with van der Waals surface area (Å²) in [5, 5.41) is 7.20. The molecule has 0 radical (unpaired) electrons. The highest BCUT2D eigenvalue weighted by Gasteiger charge is 2.38. The lowest BCUT2D eigenvalue weighted by Crippen LogP contribution is -2.49. The number of rotatable bonds is 5. The molecule has 8 aromatic carbocycles. The summed E-state index contributed by atoms with van der Waals surface area (Å²) in [5.41, 5.74) is 19.4. The minimum Gasteiger partial charge on any atom is -0.294 e. The Labute approximate surface area is 408 Å². The van der Waals surface area contributed by atoms with Gasteiger partial charge in [0.2, 0.25) is 19.4 Å². The Morgan fingerprint density at radius 2 is 0.690 bits per heavy atom. The lowest BCUT2D eigenvalue weighted by atomic mass is 9.39. The molecule has 0 saturated carbocycles. The van der Waals surface area contributed by atoms with Gasteiger partial charge in [0.25, 0.3) is 0 Å². The normalized spacial score (nSPS) is 12.7. The van der Waals surface area contributed by atoms with E-state index in [-0.39, 0.29) is 13.4 Å². The molecule has 16 rings (SSSR count). The van der Waals surface area contributed by atoms with E-state index in [1.807, 2.05) is 43.0 Å². The summed E-state index contributed by atoms with van der Waals surface area (Å²) in [6.45, 7) is -0.0163. The van der Waals surface area contributed by atoms with Crippen LogP contribution in [0.15, 0.2) is 225 Å². The standard InChI is InChI=1S/C62H37B2N7/c1-5-18-50-40(14-1)46-34-48-49-35-47-41-15-2-6-19-51(41)64(39-25-27-45-43-17-4-8-21-55(43)70(57(45)33-39)61-23-10-12-29-66-61)53(47)37-59(49)71(62-67-30-13-31-68-62)58(48)36-52(46)63(50)38-24-26-44-42-16-3-7-20-54(42)69(56(44)32-38)60-22-9-11-28-65-60/h1-37H. The largest absolute Gasteiger partial charge is 0.294 e. The Morgan fingerprint density at radius 3 is 1.18 bits per heavy atom. The topological polar surface area (TPSA) is 66.3 Å². The zero-order valence-corrected chi connectivity index (χ0v) is 38.1. The predicted octanol–water partition coefficient (Wildman–Crippen LogP) is 9.55. The van der Waals surface area contributed by atoms with Crippen molar-refractivity contribution in [3.05, 3.63) is 225 Å². The van der Waals surface area contributed by atoms with Gasteiger partial charge in [-0.1, -0.05) is 154 Å². The van der Waals surface area contributed by atoms with Crippen LogP contribution in [0.25, 0.3) is 105 Å². The van der Waals surface area contributed by atoms with Gasteiger partial charge in [0, 0.05) is 57.1 Å². The molecule has 0 spiro atoms. The van der Waals surface area contributed by atoms with Crippen LogP contribution in [0.1, 0.15) is 0 Å². The number of fused-ring (bicyclic) bond motifs is 15. The molecule has 2 aliphatic rings. The molecular formula is C62H37B2N7. The first-order valence-electron chi connectivity index (χ1n) is 24.3. The molecule has 7 nitrogen and oxygen atoms in total. The third-order valence-electron chi connectivity index (χ3n) is 15.4. The number of pyridine rings is 2. The van der Waals surface area contributed by atoms with Gasteiger partial charge in [-0.2, -0.15) is 0 Å². The Bertz CT molecular complexity index is 4270. The van der Waals surface area contributed by atoms with E-state index >= 15 is 0 Å². The van der Waals surface area contributed by atoms with E-state index in [4.69, 9.17) is 19.9 Å². The average Bonchev–Trinajstić information content (AvgIpc) is 4.21. The van der Waals surface area contributed by atoms with E-state index < -0.39 is 0 Å². The summed E-state index contributed by atoms with van der Waals surface area (Å²) in [5.74, 6) is 2.46. The SMILES string of the molecule is c1ccc(-n2c3ccccc3c3ccc(B4c5ccccc5-c5cc6c7cc8c(cc7n(-c7ncccn7)c6cc54)B(c4ccc5c6ccccc6n(-c6ccccn6)c5c4)c4ccccc4-8)cc32)nc1. The fraction of sp³-hybridized carbons (Fsp3) is 0. The third-order valence-corrected chi connectivity index (χ3v) is 15.4. The van der Waals surface area contributed by atoms with Crippen molar-refractivity contribution in [3.8, 4) is 39.8 Å². The van der Waals surface area contributed by atoms with Crippen LogP contribution in [0, 0.1) is 0 Å². The third kappa shape index (κ3) is 5.40. The predicted molar refractivity (Wildman–Crippen MR) is 294 cm³/mol. The first-order valence-corrected chi connectivity index (χ1v) is 24.3. The molecule has 0 bridgehead atoms. The molecule has 0 N–H and O–H groups in total. The van der Waals surface area contributed by atoms with E-state index in [2.05, 4.69) is 196 Å². The van der Waals surface area contributed by atoms with Crippen molar-refractivity contribution in [2.24, 2.45) is 0 Å². The van der Waals surface area contributed by atoms with Gasteiger partial charge in [-0.25, -0.2) is 19.9 Å². The van der Waals surface area contributed by atoms with Gasteiger partial charge in [-0.3, -0.25) is 13.7 Å². The Morgan fingerprint density at radius 1 is 0.268 bits per heavy atom. The molecule has 8 heterocycles. The van der Waals surface area contributed by atoms with Crippen LogP contribution in [0.5, 0.6) is 0 Å². The second-order valence-corrected chi connectivity index (χ2v) is 19.0. The first kappa shape index (κ1) is 38.6. The number of para-hydroxylation sites is 2. The van der Waals surface area contributed by atoms with Gasteiger partial charge in [-0.15, -0.1) is 0 Å². The van der Waals surface area contributed by atoms with Crippen molar-refractivity contribution in [2.45, 2.75) is 0 Å². The molecule has 326 valence electrons. The monoisotopic (exact) mass is 901 g/mol. The smallest absolute Gasteiger partial charge is 0.243 e.